The van der Waals surface area contributed by atoms with E-state index < -0.39 is 0 Å². The Balaban J connectivity index is 1.41. The number of para-hydroxylation sites is 1. The summed E-state index contributed by atoms with van der Waals surface area (Å²) in [5.41, 5.74) is 1.91. The lowest BCUT2D eigenvalue weighted by Crippen LogP contribution is -2.42. The van der Waals surface area contributed by atoms with E-state index in [0.29, 0.717) is 22.9 Å². The molecule has 4 rings (SSSR count). The first-order valence-electron chi connectivity index (χ1n) is 9.58. The molecule has 2 aromatic heterocycles. The van der Waals surface area contributed by atoms with Crippen LogP contribution in [0.3, 0.4) is 0 Å². The van der Waals surface area contributed by atoms with Crippen LogP contribution in [0, 0.1) is 0 Å². The van der Waals surface area contributed by atoms with Crippen molar-refractivity contribution in [1.82, 2.24) is 20.1 Å². The summed E-state index contributed by atoms with van der Waals surface area (Å²) in [6.07, 6.45) is 7.85. The SMILES string of the molecule is CCN(C(=O)CSc1nnc(-c2c[nH]c3ccccc23)o1)C1CCCCC1. The normalized spacial score (nSPS) is 15.3. The van der Waals surface area contributed by atoms with Crippen LogP contribution < -0.4 is 0 Å². The van der Waals surface area contributed by atoms with Crippen LogP contribution in [0.5, 0.6) is 0 Å². The number of H-pyrrole nitrogens is 1. The molecule has 1 saturated carbocycles. The van der Waals surface area contributed by atoms with E-state index in [1.54, 1.807) is 0 Å². The number of rotatable bonds is 6. The van der Waals surface area contributed by atoms with E-state index in [-0.39, 0.29) is 5.91 Å². The van der Waals surface area contributed by atoms with Crippen molar-refractivity contribution in [2.75, 3.05) is 12.3 Å². The van der Waals surface area contributed by atoms with Gasteiger partial charge in [-0.2, -0.15) is 0 Å². The topological polar surface area (TPSA) is 75.0 Å². The zero-order valence-corrected chi connectivity index (χ0v) is 16.3. The summed E-state index contributed by atoms with van der Waals surface area (Å²) >= 11 is 1.32. The van der Waals surface area contributed by atoms with Crippen molar-refractivity contribution in [3.63, 3.8) is 0 Å². The van der Waals surface area contributed by atoms with Gasteiger partial charge >= 0.3 is 0 Å². The van der Waals surface area contributed by atoms with E-state index in [1.807, 2.05) is 35.4 Å². The monoisotopic (exact) mass is 384 g/mol. The Morgan fingerprint density at radius 2 is 2.07 bits per heavy atom. The Labute approximate surface area is 162 Å². The second kappa shape index (κ2) is 8.17. The van der Waals surface area contributed by atoms with Gasteiger partial charge in [-0.15, -0.1) is 10.2 Å². The number of aromatic nitrogens is 3. The minimum atomic E-state index is 0.154. The van der Waals surface area contributed by atoms with E-state index in [1.165, 1.54) is 31.0 Å². The van der Waals surface area contributed by atoms with Gasteiger partial charge in [-0.25, -0.2) is 0 Å². The average molecular weight is 385 g/mol. The average Bonchev–Trinajstić information content (AvgIpc) is 3.34. The second-order valence-electron chi connectivity index (χ2n) is 6.88. The fraction of sp³-hybridized carbons (Fsp3) is 0.450. The molecule has 0 unspecified atom stereocenters. The molecule has 0 spiro atoms. The van der Waals surface area contributed by atoms with E-state index >= 15 is 0 Å². The summed E-state index contributed by atoms with van der Waals surface area (Å²) in [4.78, 5) is 17.9. The summed E-state index contributed by atoms with van der Waals surface area (Å²) in [6.45, 7) is 2.81. The third-order valence-corrected chi connectivity index (χ3v) is 6.02. The van der Waals surface area contributed by atoms with Crippen molar-refractivity contribution >= 4 is 28.6 Å². The predicted octanol–water partition coefficient (Wildman–Crippen LogP) is 4.49. The molecule has 1 aromatic carbocycles. The highest BCUT2D eigenvalue weighted by atomic mass is 32.2. The summed E-state index contributed by atoms with van der Waals surface area (Å²) in [7, 11) is 0. The van der Waals surface area contributed by atoms with Crippen LogP contribution in [0.2, 0.25) is 0 Å². The van der Waals surface area contributed by atoms with Gasteiger partial charge in [0.1, 0.15) is 0 Å². The van der Waals surface area contributed by atoms with Crippen molar-refractivity contribution in [2.24, 2.45) is 0 Å². The number of fused-ring (bicyclic) bond motifs is 1. The molecule has 0 aliphatic heterocycles. The molecule has 27 heavy (non-hydrogen) atoms. The quantitative estimate of drug-likeness (QED) is 0.634. The molecular weight excluding hydrogens is 360 g/mol. The Kier molecular flexibility index (Phi) is 5.48. The van der Waals surface area contributed by atoms with Crippen molar-refractivity contribution in [3.05, 3.63) is 30.5 Å². The van der Waals surface area contributed by atoms with Gasteiger partial charge in [-0.05, 0) is 25.8 Å². The molecule has 1 aliphatic rings. The highest BCUT2D eigenvalue weighted by molar-refractivity contribution is 7.99. The zero-order chi connectivity index (χ0) is 18.6. The third-order valence-electron chi connectivity index (χ3n) is 5.22. The zero-order valence-electron chi connectivity index (χ0n) is 15.5. The summed E-state index contributed by atoms with van der Waals surface area (Å²) in [5, 5.41) is 9.75. The van der Waals surface area contributed by atoms with Crippen LogP contribution >= 0.6 is 11.8 Å². The largest absolute Gasteiger partial charge is 0.411 e. The van der Waals surface area contributed by atoms with Gasteiger partial charge in [0.15, 0.2) is 0 Å². The third kappa shape index (κ3) is 3.88. The maximum absolute atomic E-state index is 12.7. The summed E-state index contributed by atoms with van der Waals surface area (Å²) in [6, 6.07) is 8.38. The van der Waals surface area contributed by atoms with Gasteiger partial charge < -0.3 is 14.3 Å². The first-order chi connectivity index (χ1) is 13.3. The Morgan fingerprint density at radius 1 is 1.26 bits per heavy atom. The lowest BCUT2D eigenvalue weighted by molar-refractivity contribution is -0.131. The lowest BCUT2D eigenvalue weighted by atomic mass is 9.94. The number of nitrogens with zero attached hydrogens (tertiary/aromatic N) is 3. The van der Waals surface area contributed by atoms with E-state index in [0.717, 1.165) is 35.9 Å². The van der Waals surface area contributed by atoms with Gasteiger partial charge in [-0.1, -0.05) is 49.2 Å². The molecule has 7 heteroatoms. The Hall–Kier alpha value is -2.28. The standard InChI is InChI=1S/C20H24N4O2S/c1-2-24(14-8-4-3-5-9-14)18(25)13-27-20-23-22-19(26-20)16-12-21-17-11-7-6-10-15(16)17/h6-7,10-12,14,21H,2-5,8-9,13H2,1H3. The maximum Gasteiger partial charge on any atom is 0.277 e. The van der Waals surface area contributed by atoms with Gasteiger partial charge in [0, 0.05) is 29.7 Å². The molecule has 0 saturated heterocycles. The molecule has 1 N–H and O–H groups in total. The van der Waals surface area contributed by atoms with Crippen LogP contribution in [0.1, 0.15) is 39.0 Å². The highest BCUT2D eigenvalue weighted by Crippen LogP contribution is 2.30. The minimum absolute atomic E-state index is 0.154. The minimum Gasteiger partial charge on any atom is -0.411 e. The number of aromatic amines is 1. The molecule has 142 valence electrons. The van der Waals surface area contributed by atoms with Gasteiger partial charge in [0.2, 0.25) is 5.91 Å². The Morgan fingerprint density at radius 3 is 2.89 bits per heavy atom. The molecule has 3 aromatic rings. The van der Waals surface area contributed by atoms with E-state index in [9.17, 15) is 4.79 Å². The van der Waals surface area contributed by atoms with Crippen LogP contribution in [-0.4, -0.2) is 44.3 Å². The van der Waals surface area contributed by atoms with Crippen LogP contribution in [0.15, 0.2) is 40.1 Å². The molecule has 0 bridgehead atoms. The molecule has 0 atom stereocenters. The smallest absolute Gasteiger partial charge is 0.277 e. The van der Waals surface area contributed by atoms with Crippen molar-refractivity contribution < 1.29 is 9.21 Å². The number of carbonyl (C=O) groups excluding carboxylic acids is 1. The number of thioether (sulfide) groups is 1. The molecule has 0 radical (unpaired) electrons. The number of carbonyl (C=O) groups is 1. The maximum atomic E-state index is 12.7. The number of benzene rings is 1. The fourth-order valence-corrected chi connectivity index (χ4v) is 4.51. The van der Waals surface area contributed by atoms with Crippen molar-refractivity contribution in [2.45, 2.75) is 50.3 Å². The fourth-order valence-electron chi connectivity index (χ4n) is 3.86. The molecule has 6 nitrogen and oxygen atoms in total. The van der Waals surface area contributed by atoms with Crippen molar-refractivity contribution in [3.8, 4) is 11.5 Å². The predicted molar refractivity (Wildman–Crippen MR) is 107 cm³/mol. The first kappa shape index (κ1) is 18.1. The lowest BCUT2D eigenvalue weighted by Gasteiger charge is -2.33. The molecule has 1 amide bonds. The van der Waals surface area contributed by atoms with Gasteiger partial charge in [-0.3, -0.25) is 4.79 Å². The number of nitrogens with one attached hydrogen (secondary N) is 1. The molecular formula is C20H24N4O2S. The Bertz CT molecular complexity index is 913. The van der Waals surface area contributed by atoms with Crippen LogP contribution in [-0.2, 0) is 4.79 Å². The van der Waals surface area contributed by atoms with Crippen LogP contribution in [0.4, 0.5) is 0 Å². The number of hydrogen-bond acceptors (Lipinski definition) is 5. The van der Waals surface area contributed by atoms with Crippen molar-refractivity contribution in [1.29, 1.82) is 0 Å². The summed E-state index contributed by atoms with van der Waals surface area (Å²) < 4.78 is 5.80. The molecule has 1 aliphatic carbocycles. The summed E-state index contributed by atoms with van der Waals surface area (Å²) in [5.74, 6) is 0.961. The molecule has 2 heterocycles. The number of amides is 1. The first-order valence-corrected chi connectivity index (χ1v) is 10.6. The second-order valence-corrected chi connectivity index (χ2v) is 7.81. The van der Waals surface area contributed by atoms with Gasteiger partial charge in [0.25, 0.3) is 11.1 Å². The van der Waals surface area contributed by atoms with Gasteiger partial charge in [0.05, 0.1) is 11.3 Å². The van der Waals surface area contributed by atoms with Crippen LogP contribution in [0.25, 0.3) is 22.4 Å². The van der Waals surface area contributed by atoms with E-state index in [4.69, 9.17) is 4.42 Å². The highest BCUT2D eigenvalue weighted by Gasteiger charge is 2.24. The van der Waals surface area contributed by atoms with E-state index in [2.05, 4.69) is 22.1 Å². The number of hydrogen-bond donors (Lipinski definition) is 1. The molecule has 1 fully saturated rings.